The predicted octanol–water partition coefficient (Wildman–Crippen LogP) is 3.48. The monoisotopic (exact) mass is 480 g/mol. The molecule has 6 nitrogen and oxygen atoms in total. The average molecular weight is 481 g/mol. The standard InChI is InChI=1S/C24H34Cl2N4O2/c1-27(2)20-5-3-11-28(18-20)12-4-13-29-15-16-30(14-10-24(29)32)23(31)9-7-19-6-8-21(25)22(26)17-19/h6-9,17,20H,3-5,10-16,18H2,1-2H3/b9-7+. The van der Waals surface area contributed by atoms with Gasteiger partial charge in [0, 0.05) is 51.3 Å². The predicted molar refractivity (Wildman–Crippen MR) is 131 cm³/mol. The fourth-order valence-corrected chi connectivity index (χ4v) is 4.66. The lowest BCUT2D eigenvalue weighted by molar-refractivity contribution is -0.130. The summed E-state index contributed by atoms with van der Waals surface area (Å²) < 4.78 is 0. The third kappa shape index (κ3) is 7.20. The summed E-state index contributed by atoms with van der Waals surface area (Å²) in [7, 11) is 4.30. The number of benzene rings is 1. The van der Waals surface area contributed by atoms with Crippen LogP contribution in [0.25, 0.3) is 6.08 Å². The number of nitrogens with zero attached hydrogens (tertiary/aromatic N) is 4. The van der Waals surface area contributed by atoms with Gasteiger partial charge < -0.3 is 19.6 Å². The largest absolute Gasteiger partial charge is 0.341 e. The Balaban J connectivity index is 1.45. The summed E-state index contributed by atoms with van der Waals surface area (Å²) in [5.41, 5.74) is 0.814. The fourth-order valence-electron chi connectivity index (χ4n) is 4.35. The van der Waals surface area contributed by atoms with E-state index in [0.29, 0.717) is 42.1 Å². The highest BCUT2D eigenvalue weighted by molar-refractivity contribution is 6.42. The minimum atomic E-state index is -0.0891. The molecule has 0 spiro atoms. The van der Waals surface area contributed by atoms with E-state index in [1.807, 2.05) is 11.0 Å². The van der Waals surface area contributed by atoms with Gasteiger partial charge in [0.15, 0.2) is 0 Å². The van der Waals surface area contributed by atoms with Gasteiger partial charge in [-0.25, -0.2) is 0 Å². The van der Waals surface area contributed by atoms with E-state index in [9.17, 15) is 9.59 Å². The molecule has 2 aliphatic rings. The molecule has 0 aliphatic carbocycles. The molecule has 0 radical (unpaired) electrons. The Kier molecular flexibility index (Phi) is 9.41. The van der Waals surface area contributed by atoms with Crippen LogP contribution < -0.4 is 0 Å². The van der Waals surface area contributed by atoms with Crippen LogP contribution in [0.4, 0.5) is 0 Å². The Bertz CT molecular complexity index is 830. The van der Waals surface area contributed by atoms with Gasteiger partial charge in [0.1, 0.15) is 0 Å². The van der Waals surface area contributed by atoms with Gasteiger partial charge >= 0.3 is 0 Å². The first kappa shape index (κ1) is 25.0. The third-order valence-electron chi connectivity index (χ3n) is 6.38. The smallest absolute Gasteiger partial charge is 0.246 e. The number of carbonyl (C=O) groups excluding carboxylic acids is 2. The van der Waals surface area contributed by atoms with E-state index >= 15 is 0 Å². The summed E-state index contributed by atoms with van der Waals surface area (Å²) in [5.74, 6) is 0.0485. The second-order valence-corrected chi connectivity index (χ2v) is 9.69. The molecule has 0 bridgehead atoms. The van der Waals surface area contributed by atoms with Crippen molar-refractivity contribution in [2.45, 2.75) is 31.7 Å². The summed E-state index contributed by atoms with van der Waals surface area (Å²) in [5, 5.41) is 0.943. The summed E-state index contributed by atoms with van der Waals surface area (Å²) in [6.45, 7) is 5.62. The molecule has 1 atom stereocenters. The van der Waals surface area contributed by atoms with Gasteiger partial charge in [0.2, 0.25) is 11.8 Å². The van der Waals surface area contributed by atoms with Gasteiger partial charge in [-0.05, 0) is 70.2 Å². The maximum atomic E-state index is 12.6. The Morgan fingerprint density at radius 3 is 2.69 bits per heavy atom. The molecule has 8 heteroatoms. The molecule has 0 saturated carbocycles. The second kappa shape index (κ2) is 12.0. The van der Waals surface area contributed by atoms with Gasteiger partial charge in [-0.3, -0.25) is 9.59 Å². The first-order valence-corrected chi connectivity index (χ1v) is 12.2. The number of rotatable bonds is 7. The summed E-state index contributed by atoms with van der Waals surface area (Å²) in [6.07, 6.45) is 7.11. The van der Waals surface area contributed by atoms with Crippen molar-refractivity contribution in [3.8, 4) is 0 Å². The van der Waals surface area contributed by atoms with E-state index in [0.717, 1.165) is 38.2 Å². The third-order valence-corrected chi connectivity index (χ3v) is 7.11. The first-order chi connectivity index (χ1) is 15.3. The lowest BCUT2D eigenvalue weighted by atomic mass is 10.0. The van der Waals surface area contributed by atoms with Gasteiger partial charge in [-0.2, -0.15) is 0 Å². The average Bonchev–Trinajstić information content (AvgIpc) is 2.96. The van der Waals surface area contributed by atoms with Gasteiger partial charge in [-0.15, -0.1) is 0 Å². The molecule has 32 heavy (non-hydrogen) atoms. The van der Waals surface area contributed by atoms with E-state index in [1.54, 1.807) is 23.1 Å². The van der Waals surface area contributed by atoms with Crippen LogP contribution in [0.15, 0.2) is 24.3 Å². The lowest BCUT2D eigenvalue weighted by Crippen LogP contribution is -2.46. The van der Waals surface area contributed by atoms with Crippen LogP contribution in [0.5, 0.6) is 0 Å². The summed E-state index contributed by atoms with van der Waals surface area (Å²) in [4.78, 5) is 33.7. The Labute approximate surface area is 201 Å². The van der Waals surface area contributed by atoms with Gasteiger partial charge in [-0.1, -0.05) is 29.3 Å². The van der Waals surface area contributed by atoms with E-state index in [-0.39, 0.29) is 11.8 Å². The van der Waals surface area contributed by atoms with Crippen molar-refractivity contribution in [1.82, 2.24) is 19.6 Å². The van der Waals surface area contributed by atoms with Crippen molar-refractivity contribution in [1.29, 1.82) is 0 Å². The minimum Gasteiger partial charge on any atom is -0.341 e. The van der Waals surface area contributed by atoms with Crippen molar-refractivity contribution in [3.05, 3.63) is 39.9 Å². The van der Waals surface area contributed by atoms with Crippen LogP contribution >= 0.6 is 23.2 Å². The van der Waals surface area contributed by atoms with Crippen LogP contribution in [0.3, 0.4) is 0 Å². The van der Waals surface area contributed by atoms with Crippen molar-refractivity contribution < 1.29 is 9.59 Å². The number of carbonyl (C=O) groups is 2. The molecule has 3 rings (SSSR count). The lowest BCUT2D eigenvalue weighted by Gasteiger charge is -2.36. The maximum absolute atomic E-state index is 12.6. The Morgan fingerprint density at radius 2 is 1.94 bits per heavy atom. The molecule has 0 aromatic heterocycles. The molecule has 1 aromatic rings. The maximum Gasteiger partial charge on any atom is 0.246 e. The number of piperidine rings is 1. The van der Waals surface area contributed by atoms with Gasteiger partial charge in [0.05, 0.1) is 10.0 Å². The molecule has 1 aromatic carbocycles. The highest BCUT2D eigenvalue weighted by Gasteiger charge is 2.24. The van der Waals surface area contributed by atoms with Crippen molar-refractivity contribution in [3.63, 3.8) is 0 Å². The van der Waals surface area contributed by atoms with Crippen molar-refractivity contribution in [2.24, 2.45) is 0 Å². The van der Waals surface area contributed by atoms with Crippen LogP contribution in [0.2, 0.25) is 10.0 Å². The van der Waals surface area contributed by atoms with E-state index in [2.05, 4.69) is 23.9 Å². The Morgan fingerprint density at radius 1 is 1.12 bits per heavy atom. The van der Waals surface area contributed by atoms with Crippen LogP contribution in [0, 0.1) is 0 Å². The quantitative estimate of drug-likeness (QED) is 0.560. The SMILES string of the molecule is CN(C)C1CCCN(CCCN2CCN(C(=O)/C=C/c3ccc(Cl)c(Cl)c3)CCC2=O)C1. The number of amides is 2. The summed E-state index contributed by atoms with van der Waals surface area (Å²) in [6, 6.07) is 5.88. The number of hydrogen-bond acceptors (Lipinski definition) is 4. The topological polar surface area (TPSA) is 47.1 Å². The zero-order valence-corrected chi connectivity index (χ0v) is 20.6. The van der Waals surface area contributed by atoms with E-state index in [1.165, 1.54) is 18.9 Å². The van der Waals surface area contributed by atoms with Crippen molar-refractivity contribution in [2.75, 3.05) is 59.9 Å². The van der Waals surface area contributed by atoms with Crippen LogP contribution in [0.1, 0.15) is 31.2 Å². The molecule has 2 fully saturated rings. The molecule has 2 saturated heterocycles. The van der Waals surface area contributed by atoms with Gasteiger partial charge in [0.25, 0.3) is 0 Å². The molecule has 176 valence electrons. The van der Waals surface area contributed by atoms with Crippen LogP contribution in [-0.2, 0) is 9.59 Å². The number of likely N-dealkylation sites (N-methyl/N-ethyl adjacent to an activating group) is 1. The molecule has 2 aliphatic heterocycles. The van der Waals surface area contributed by atoms with E-state index in [4.69, 9.17) is 23.2 Å². The molecule has 1 unspecified atom stereocenters. The van der Waals surface area contributed by atoms with Crippen molar-refractivity contribution >= 4 is 41.1 Å². The molecule has 2 amide bonds. The minimum absolute atomic E-state index is 0.0891. The zero-order valence-electron chi connectivity index (χ0n) is 19.1. The molecule has 2 heterocycles. The van der Waals surface area contributed by atoms with E-state index < -0.39 is 0 Å². The highest BCUT2D eigenvalue weighted by Crippen LogP contribution is 2.23. The summed E-state index contributed by atoms with van der Waals surface area (Å²) >= 11 is 12.0. The highest BCUT2D eigenvalue weighted by atomic mass is 35.5. The molecule has 0 N–H and O–H groups in total. The Hall–Kier alpha value is -1.60. The zero-order chi connectivity index (χ0) is 23.1. The molecular weight excluding hydrogens is 447 g/mol. The molecular formula is C24H34Cl2N4O2. The number of likely N-dealkylation sites (tertiary alicyclic amines) is 1. The number of halogens is 2. The second-order valence-electron chi connectivity index (χ2n) is 8.88. The fraction of sp³-hybridized carbons (Fsp3) is 0.583. The van der Waals surface area contributed by atoms with Crippen LogP contribution in [-0.4, -0.2) is 97.4 Å². The number of hydrogen-bond donors (Lipinski definition) is 0. The first-order valence-electron chi connectivity index (χ1n) is 11.4. The normalized spacial score (nSPS) is 20.9.